The summed E-state index contributed by atoms with van der Waals surface area (Å²) in [5.41, 5.74) is 1.98. The first-order chi connectivity index (χ1) is 6.83. The lowest BCUT2D eigenvalue weighted by molar-refractivity contribution is 0.280. The Morgan fingerprint density at radius 3 is 2.86 bits per heavy atom. The quantitative estimate of drug-likeness (QED) is 0.730. The van der Waals surface area contributed by atoms with Crippen molar-refractivity contribution in [1.82, 2.24) is 4.98 Å². The Balaban J connectivity index is 2.49. The first-order valence-electron chi connectivity index (χ1n) is 4.31. The van der Waals surface area contributed by atoms with E-state index in [1.807, 2.05) is 6.08 Å². The number of rotatable bonds is 2. The Bertz CT molecular complexity index is 411. The smallest absolute Gasteiger partial charge is 0.143 e. The van der Waals surface area contributed by atoms with Gasteiger partial charge in [0.2, 0.25) is 0 Å². The van der Waals surface area contributed by atoms with Gasteiger partial charge in [0.1, 0.15) is 5.75 Å². The number of pyridine rings is 1. The van der Waals surface area contributed by atoms with Crippen molar-refractivity contribution in [1.29, 1.82) is 0 Å². The molecule has 0 fully saturated rings. The zero-order chi connectivity index (χ0) is 9.97. The van der Waals surface area contributed by atoms with E-state index in [0.717, 1.165) is 5.71 Å². The van der Waals surface area contributed by atoms with Crippen molar-refractivity contribution in [3.8, 4) is 5.75 Å². The van der Waals surface area contributed by atoms with Crippen LogP contribution in [0.4, 0.5) is 0 Å². The van der Waals surface area contributed by atoms with Gasteiger partial charge in [-0.25, -0.2) is 0 Å². The van der Waals surface area contributed by atoms with Crippen LogP contribution in [-0.2, 0) is 6.61 Å². The van der Waals surface area contributed by atoms with Crippen LogP contribution in [0.25, 0.3) is 0 Å². The number of aromatic hydroxyl groups is 1. The van der Waals surface area contributed by atoms with Crippen LogP contribution in [0.1, 0.15) is 17.5 Å². The van der Waals surface area contributed by atoms with Crippen LogP contribution in [0.3, 0.4) is 0 Å². The zero-order valence-electron chi connectivity index (χ0n) is 7.51. The second-order valence-corrected chi connectivity index (χ2v) is 3.02. The maximum atomic E-state index is 9.60. The lowest BCUT2D eigenvalue weighted by Crippen LogP contribution is -2.03. The molecule has 1 aromatic rings. The van der Waals surface area contributed by atoms with Gasteiger partial charge in [-0.2, -0.15) is 0 Å². The Labute approximate surface area is 81.3 Å². The van der Waals surface area contributed by atoms with Gasteiger partial charge in [-0.15, -0.1) is 0 Å². The third-order valence-corrected chi connectivity index (χ3v) is 2.11. The average molecular weight is 190 g/mol. The Morgan fingerprint density at radius 1 is 1.36 bits per heavy atom. The van der Waals surface area contributed by atoms with Crippen molar-refractivity contribution in [2.24, 2.45) is 4.99 Å². The SMILES string of the molecule is OCc1cncc(O)c1C1=NC=CC1. The fraction of sp³-hybridized carbons (Fsp3) is 0.200. The van der Waals surface area contributed by atoms with E-state index in [9.17, 15) is 5.11 Å². The van der Waals surface area contributed by atoms with Crippen LogP contribution < -0.4 is 0 Å². The van der Waals surface area contributed by atoms with Crippen LogP contribution in [-0.4, -0.2) is 20.9 Å². The van der Waals surface area contributed by atoms with Gasteiger partial charge in [-0.05, 0) is 0 Å². The highest BCUT2D eigenvalue weighted by Gasteiger charge is 2.14. The van der Waals surface area contributed by atoms with E-state index in [2.05, 4.69) is 9.98 Å². The minimum atomic E-state index is -0.143. The molecular weight excluding hydrogens is 180 g/mol. The fourth-order valence-corrected chi connectivity index (χ4v) is 1.47. The molecule has 14 heavy (non-hydrogen) atoms. The van der Waals surface area contributed by atoms with Gasteiger partial charge >= 0.3 is 0 Å². The summed E-state index contributed by atoms with van der Waals surface area (Å²) in [7, 11) is 0. The first-order valence-corrected chi connectivity index (χ1v) is 4.31. The van der Waals surface area contributed by atoms with Crippen molar-refractivity contribution in [2.75, 3.05) is 0 Å². The monoisotopic (exact) mass is 190 g/mol. The molecule has 0 aliphatic carbocycles. The molecule has 0 bridgehead atoms. The molecule has 0 atom stereocenters. The summed E-state index contributed by atoms with van der Waals surface area (Å²) < 4.78 is 0. The summed E-state index contributed by atoms with van der Waals surface area (Å²) in [6, 6.07) is 0. The molecule has 2 heterocycles. The van der Waals surface area contributed by atoms with Crippen LogP contribution in [0.5, 0.6) is 5.75 Å². The molecule has 2 rings (SSSR count). The maximum Gasteiger partial charge on any atom is 0.143 e. The average Bonchev–Trinajstić information content (AvgIpc) is 2.70. The second kappa shape index (κ2) is 3.59. The van der Waals surface area contributed by atoms with E-state index >= 15 is 0 Å². The van der Waals surface area contributed by atoms with E-state index in [1.54, 1.807) is 6.20 Å². The van der Waals surface area contributed by atoms with E-state index in [1.165, 1.54) is 12.4 Å². The van der Waals surface area contributed by atoms with E-state index in [0.29, 0.717) is 17.5 Å². The van der Waals surface area contributed by atoms with Gasteiger partial charge in [0.15, 0.2) is 0 Å². The minimum Gasteiger partial charge on any atom is -0.506 e. The predicted molar refractivity (Wildman–Crippen MR) is 52.1 cm³/mol. The normalized spacial score (nSPS) is 14.5. The molecule has 72 valence electrons. The highest BCUT2D eigenvalue weighted by Crippen LogP contribution is 2.23. The van der Waals surface area contributed by atoms with E-state index < -0.39 is 0 Å². The van der Waals surface area contributed by atoms with E-state index in [4.69, 9.17) is 5.11 Å². The standard InChI is InChI=1S/C10H10N2O2/c13-6-7-4-11-5-9(14)10(7)8-2-1-3-12-8/h1,3-5,13-14H,2,6H2. The molecule has 4 heteroatoms. The fourth-order valence-electron chi connectivity index (χ4n) is 1.47. The Hall–Kier alpha value is -1.68. The van der Waals surface area contributed by atoms with Crippen LogP contribution >= 0.6 is 0 Å². The van der Waals surface area contributed by atoms with Crippen molar-refractivity contribution >= 4 is 5.71 Å². The summed E-state index contributed by atoms with van der Waals surface area (Å²) in [6.07, 6.45) is 7.17. The molecule has 0 aromatic carbocycles. The molecule has 1 aliphatic rings. The summed E-state index contributed by atoms with van der Waals surface area (Å²) in [5, 5.41) is 18.7. The summed E-state index contributed by atoms with van der Waals surface area (Å²) in [4.78, 5) is 7.91. The van der Waals surface area contributed by atoms with Crippen LogP contribution in [0.2, 0.25) is 0 Å². The third kappa shape index (κ3) is 1.40. The second-order valence-electron chi connectivity index (χ2n) is 3.02. The molecular formula is C10H10N2O2. The molecule has 1 aliphatic heterocycles. The molecule has 0 saturated heterocycles. The van der Waals surface area contributed by atoms with E-state index in [-0.39, 0.29) is 12.4 Å². The first kappa shape index (κ1) is 8.90. The number of aromatic nitrogens is 1. The number of hydrogen-bond donors (Lipinski definition) is 2. The number of aliphatic hydroxyl groups excluding tert-OH is 1. The number of allylic oxidation sites excluding steroid dienone is 1. The topological polar surface area (TPSA) is 65.7 Å². The summed E-state index contributed by atoms with van der Waals surface area (Å²) in [5.74, 6) is 0.0685. The molecule has 0 unspecified atom stereocenters. The van der Waals surface area contributed by atoms with Crippen LogP contribution in [0.15, 0.2) is 29.7 Å². The van der Waals surface area contributed by atoms with Gasteiger partial charge in [0, 0.05) is 29.9 Å². The molecule has 4 nitrogen and oxygen atoms in total. The summed E-state index contributed by atoms with van der Waals surface area (Å²) >= 11 is 0. The van der Waals surface area contributed by atoms with Crippen molar-refractivity contribution < 1.29 is 10.2 Å². The van der Waals surface area contributed by atoms with Crippen LogP contribution in [0, 0.1) is 0 Å². The van der Waals surface area contributed by atoms with Gasteiger partial charge in [-0.3, -0.25) is 9.98 Å². The maximum absolute atomic E-state index is 9.60. The predicted octanol–water partition coefficient (Wildman–Crippen LogP) is 0.986. The summed E-state index contributed by atoms with van der Waals surface area (Å²) in [6.45, 7) is -0.143. The van der Waals surface area contributed by atoms with Gasteiger partial charge in [0.25, 0.3) is 0 Å². The molecule has 0 spiro atoms. The largest absolute Gasteiger partial charge is 0.506 e. The highest BCUT2D eigenvalue weighted by molar-refractivity contribution is 6.06. The lowest BCUT2D eigenvalue weighted by Gasteiger charge is -2.08. The molecule has 0 radical (unpaired) electrons. The molecule has 2 N–H and O–H groups in total. The highest BCUT2D eigenvalue weighted by atomic mass is 16.3. The number of aliphatic hydroxyl groups is 1. The zero-order valence-corrected chi connectivity index (χ0v) is 7.51. The Morgan fingerprint density at radius 2 is 2.21 bits per heavy atom. The molecule has 0 amide bonds. The number of nitrogens with zero attached hydrogens (tertiary/aromatic N) is 2. The van der Waals surface area contributed by atoms with Crippen molar-refractivity contribution in [3.63, 3.8) is 0 Å². The Kier molecular flexibility index (Phi) is 2.28. The molecule has 1 aromatic heterocycles. The van der Waals surface area contributed by atoms with Gasteiger partial charge < -0.3 is 10.2 Å². The van der Waals surface area contributed by atoms with Crippen molar-refractivity contribution in [3.05, 3.63) is 35.8 Å². The lowest BCUT2D eigenvalue weighted by atomic mass is 10.0. The minimum absolute atomic E-state index is 0.0685. The van der Waals surface area contributed by atoms with Gasteiger partial charge in [-0.1, -0.05) is 6.08 Å². The molecule has 0 saturated carbocycles. The van der Waals surface area contributed by atoms with Crippen molar-refractivity contribution in [2.45, 2.75) is 13.0 Å². The van der Waals surface area contributed by atoms with Gasteiger partial charge in [0.05, 0.1) is 18.5 Å². The number of aliphatic imine (C=N–C) groups is 1. The third-order valence-electron chi connectivity index (χ3n) is 2.11. The number of hydrogen-bond acceptors (Lipinski definition) is 4.